The lowest BCUT2D eigenvalue weighted by molar-refractivity contribution is 0.102. The van der Waals surface area contributed by atoms with Crippen LogP contribution in [0.1, 0.15) is 30.1 Å². The zero-order valence-corrected chi connectivity index (χ0v) is 15.4. The number of unbranched alkanes of at least 4 members (excludes halogenated alkanes) is 1. The first-order valence-corrected chi connectivity index (χ1v) is 9.49. The molecule has 0 saturated carbocycles. The third-order valence-corrected chi connectivity index (χ3v) is 4.45. The quantitative estimate of drug-likeness (QED) is 0.538. The number of rotatable bonds is 8. The molecule has 0 aliphatic rings. The molecule has 0 unspecified atom stereocenters. The van der Waals surface area contributed by atoms with Crippen molar-refractivity contribution in [3.63, 3.8) is 0 Å². The second kappa shape index (κ2) is 8.68. The summed E-state index contributed by atoms with van der Waals surface area (Å²) in [5, 5.41) is 2.58. The number of benzene rings is 2. The van der Waals surface area contributed by atoms with E-state index < -0.39 is 16.0 Å². The highest BCUT2D eigenvalue weighted by Gasteiger charge is 2.15. The van der Waals surface area contributed by atoms with E-state index in [1.807, 2.05) is 0 Å². The lowest BCUT2D eigenvalue weighted by atomic mass is 10.2. The van der Waals surface area contributed by atoms with E-state index >= 15 is 0 Å². The maximum atomic E-state index is 12.4. The van der Waals surface area contributed by atoms with Gasteiger partial charge in [0.05, 0.1) is 24.3 Å². The van der Waals surface area contributed by atoms with Crippen LogP contribution in [0.5, 0.6) is 11.5 Å². The molecule has 1 amide bonds. The third kappa shape index (κ3) is 5.21. The van der Waals surface area contributed by atoms with Gasteiger partial charge in [0, 0.05) is 5.56 Å². The van der Waals surface area contributed by atoms with Crippen LogP contribution in [0.15, 0.2) is 47.4 Å². The Labute approximate surface area is 152 Å². The fourth-order valence-electron chi connectivity index (χ4n) is 2.18. The van der Waals surface area contributed by atoms with Crippen LogP contribution in [0.2, 0.25) is 0 Å². The van der Waals surface area contributed by atoms with Gasteiger partial charge in [-0.15, -0.1) is 0 Å². The minimum atomic E-state index is -4.39. The highest BCUT2D eigenvalue weighted by Crippen LogP contribution is 2.28. The normalized spacial score (nSPS) is 11.0. The summed E-state index contributed by atoms with van der Waals surface area (Å²) >= 11 is 0. The van der Waals surface area contributed by atoms with Crippen LogP contribution >= 0.6 is 0 Å². The van der Waals surface area contributed by atoms with E-state index in [0.717, 1.165) is 18.9 Å². The molecule has 2 rings (SSSR count). The third-order valence-electron chi connectivity index (χ3n) is 3.60. The van der Waals surface area contributed by atoms with E-state index in [0.29, 0.717) is 17.9 Å². The molecule has 0 heterocycles. The second-order valence-corrected chi connectivity index (χ2v) is 6.94. The molecule has 0 bridgehead atoms. The first-order valence-electron chi connectivity index (χ1n) is 8.05. The SMILES string of the molecule is CCCCOc1ccc(C(=O)Nc2cc(S(=O)(=O)O)ccc2OC)cc1. The van der Waals surface area contributed by atoms with Gasteiger partial charge in [-0.3, -0.25) is 9.35 Å². The zero-order chi connectivity index (χ0) is 19.2. The van der Waals surface area contributed by atoms with E-state index in [2.05, 4.69) is 12.2 Å². The highest BCUT2D eigenvalue weighted by molar-refractivity contribution is 7.85. The number of carbonyl (C=O) groups excluding carboxylic acids is 1. The number of methoxy groups -OCH3 is 1. The van der Waals surface area contributed by atoms with E-state index in [-0.39, 0.29) is 16.3 Å². The molecule has 0 atom stereocenters. The summed E-state index contributed by atoms with van der Waals surface area (Å²) in [6, 6.07) is 10.3. The molecular weight excluding hydrogens is 358 g/mol. The standard InChI is InChI=1S/C18H21NO6S/c1-3-4-11-25-14-7-5-13(6-8-14)18(20)19-16-12-15(26(21,22)23)9-10-17(16)24-2/h5-10,12H,3-4,11H2,1-2H3,(H,19,20)(H,21,22,23). The Hall–Kier alpha value is -2.58. The summed E-state index contributed by atoms with van der Waals surface area (Å²) in [7, 11) is -3.00. The maximum Gasteiger partial charge on any atom is 0.294 e. The summed E-state index contributed by atoms with van der Waals surface area (Å²) < 4.78 is 42.4. The molecule has 7 nitrogen and oxygen atoms in total. The molecule has 0 spiro atoms. The summed E-state index contributed by atoms with van der Waals surface area (Å²) in [6.07, 6.45) is 1.98. The average Bonchev–Trinajstić information content (AvgIpc) is 2.61. The van der Waals surface area contributed by atoms with E-state index in [4.69, 9.17) is 14.0 Å². The molecule has 2 N–H and O–H groups in total. The van der Waals surface area contributed by atoms with Crippen LogP contribution in [0.3, 0.4) is 0 Å². The van der Waals surface area contributed by atoms with E-state index in [1.165, 1.54) is 19.2 Å². The Morgan fingerprint density at radius 3 is 2.42 bits per heavy atom. The predicted molar refractivity (Wildman–Crippen MR) is 97.6 cm³/mol. The van der Waals surface area contributed by atoms with Crippen molar-refractivity contribution in [3.8, 4) is 11.5 Å². The van der Waals surface area contributed by atoms with Gasteiger partial charge >= 0.3 is 0 Å². The topological polar surface area (TPSA) is 102 Å². The number of carbonyl (C=O) groups is 1. The molecule has 0 aromatic heterocycles. The molecule has 0 aliphatic carbocycles. The summed E-state index contributed by atoms with van der Waals surface area (Å²) in [4.78, 5) is 12.1. The molecule has 0 aliphatic heterocycles. The van der Waals surface area contributed by atoms with Crippen molar-refractivity contribution in [3.05, 3.63) is 48.0 Å². The van der Waals surface area contributed by atoms with Gasteiger partial charge in [-0.1, -0.05) is 13.3 Å². The molecule has 26 heavy (non-hydrogen) atoms. The highest BCUT2D eigenvalue weighted by atomic mass is 32.2. The molecule has 2 aromatic carbocycles. The molecule has 2 aromatic rings. The van der Waals surface area contributed by atoms with Gasteiger partial charge in [-0.05, 0) is 48.9 Å². The fraction of sp³-hybridized carbons (Fsp3) is 0.278. The molecular formula is C18H21NO6S. The molecule has 8 heteroatoms. The number of amides is 1. The minimum Gasteiger partial charge on any atom is -0.495 e. The van der Waals surface area contributed by atoms with Gasteiger partial charge in [0.2, 0.25) is 0 Å². The molecule has 0 fully saturated rings. The lowest BCUT2D eigenvalue weighted by Gasteiger charge is -2.12. The Morgan fingerprint density at radius 2 is 1.85 bits per heavy atom. The van der Waals surface area contributed by atoms with Crippen LogP contribution in [-0.2, 0) is 10.1 Å². The Morgan fingerprint density at radius 1 is 1.15 bits per heavy atom. The average molecular weight is 379 g/mol. The van der Waals surface area contributed by atoms with Crippen molar-refractivity contribution >= 4 is 21.7 Å². The number of ether oxygens (including phenoxy) is 2. The van der Waals surface area contributed by atoms with Gasteiger partial charge in [0.1, 0.15) is 11.5 Å². The maximum absolute atomic E-state index is 12.4. The van der Waals surface area contributed by atoms with Gasteiger partial charge in [-0.2, -0.15) is 8.42 Å². The smallest absolute Gasteiger partial charge is 0.294 e. The lowest BCUT2D eigenvalue weighted by Crippen LogP contribution is -2.13. The van der Waals surface area contributed by atoms with Crippen molar-refractivity contribution in [1.82, 2.24) is 0 Å². The van der Waals surface area contributed by atoms with Gasteiger partial charge in [0.25, 0.3) is 16.0 Å². The summed E-state index contributed by atoms with van der Waals surface area (Å²) in [6.45, 7) is 2.68. The number of nitrogens with one attached hydrogen (secondary N) is 1. The Balaban J connectivity index is 2.16. The summed E-state index contributed by atoms with van der Waals surface area (Å²) in [5.41, 5.74) is 0.503. The molecule has 140 valence electrons. The first-order chi connectivity index (χ1) is 12.3. The second-order valence-electron chi connectivity index (χ2n) is 5.52. The predicted octanol–water partition coefficient (Wildman–Crippen LogP) is 3.37. The van der Waals surface area contributed by atoms with Gasteiger partial charge in [-0.25, -0.2) is 0 Å². The zero-order valence-electron chi connectivity index (χ0n) is 14.6. The van der Waals surface area contributed by atoms with Crippen molar-refractivity contribution in [1.29, 1.82) is 0 Å². The van der Waals surface area contributed by atoms with Crippen LogP contribution in [0.25, 0.3) is 0 Å². The number of anilines is 1. The van der Waals surface area contributed by atoms with Gasteiger partial charge in [0.15, 0.2) is 0 Å². The summed E-state index contributed by atoms with van der Waals surface area (Å²) in [5.74, 6) is 0.488. The van der Waals surface area contributed by atoms with Gasteiger partial charge < -0.3 is 14.8 Å². The number of hydrogen-bond donors (Lipinski definition) is 2. The van der Waals surface area contributed by atoms with Crippen LogP contribution < -0.4 is 14.8 Å². The van der Waals surface area contributed by atoms with Crippen LogP contribution in [0.4, 0.5) is 5.69 Å². The van der Waals surface area contributed by atoms with Crippen LogP contribution in [-0.4, -0.2) is 32.6 Å². The van der Waals surface area contributed by atoms with E-state index in [1.54, 1.807) is 24.3 Å². The fourth-order valence-corrected chi connectivity index (χ4v) is 2.68. The Bertz CT molecular complexity index is 862. The largest absolute Gasteiger partial charge is 0.495 e. The molecule has 0 radical (unpaired) electrons. The Kier molecular flexibility index (Phi) is 6.59. The van der Waals surface area contributed by atoms with Crippen LogP contribution in [0, 0.1) is 0 Å². The van der Waals surface area contributed by atoms with E-state index in [9.17, 15) is 13.2 Å². The van der Waals surface area contributed by atoms with Crippen molar-refractivity contribution in [2.24, 2.45) is 0 Å². The van der Waals surface area contributed by atoms with Crippen molar-refractivity contribution < 1.29 is 27.2 Å². The first kappa shape index (κ1) is 19.7. The minimum absolute atomic E-state index is 0.135. The molecule has 0 saturated heterocycles. The number of hydrogen-bond acceptors (Lipinski definition) is 5. The monoisotopic (exact) mass is 379 g/mol. The van der Waals surface area contributed by atoms with Crippen molar-refractivity contribution in [2.75, 3.05) is 19.0 Å². The van der Waals surface area contributed by atoms with Crippen molar-refractivity contribution in [2.45, 2.75) is 24.7 Å².